The summed E-state index contributed by atoms with van der Waals surface area (Å²) >= 11 is 3.47. The summed E-state index contributed by atoms with van der Waals surface area (Å²) in [5.41, 5.74) is 1.30. The van der Waals surface area contributed by atoms with Crippen LogP contribution in [-0.2, 0) is 11.2 Å². The lowest BCUT2D eigenvalue weighted by Crippen LogP contribution is -2.04. The summed E-state index contributed by atoms with van der Waals surface area (Å²) in [6.07, 6.45) is 1.04. The smallest absolute Gasteiger partial charge is 0.133 e. The van der Waals surface area contributed by atoms with E-state index < -0.39 is 0 Å². The second-order valence-corrected chi connectivity index (χ2v) is 3.81. The van der Waals surface area contributed by atoms with Crippen molar-refractivity contribution in [1.29, 1.82) is 0 Å². The second-order valence-electron chi connectivity index (χ2n) is 2.96. The van der Waals surface area contributed by atoms with E-state index >= 15 is 0 Å². The third-order valence-corrected chi connectivity index (χ3v) is 2.57. The molecule has 2 nitrogen and oxygen atoms in total. The average Bonchev–Trinajstić information content (AvgIpc) is 2.20. The lowest BCUT2D eigenvalue weighted by atomic mass is 10.2. The predicted molar refractivity (Wildman–Crippen MR) is 60.9 cm³/mol. The Morgan fingerprint density at radius 3 is 2.64 bits per heavy atom. The average molecular weight is 259 g/mol. The predicted octanol–water partition coefficient (Wildman–Crippen LogP) is 3.04. The molecule has 0 spiro atoms. The molecule has 1 rings (SSSR count). The van der Waals surface area contributed by atoms with Crippen LogP contribution in [0.15, 0.2) is 22.7 Å². The summed E-state index contributed by atoms with van der Waals surface area (Å²) in [6, 6.07) is 6.15. The van der Waals surface area contributed by atoms with Gasteiger partial charge >= 0.3 is 0 Å². The number of hydrogen-bond acceptors (Lipinski definition) is 2. The minimum absolute atomic E-state index is 0.584. The van der Waals surface area contributed by atoms with E-state index in [2.05, 4.69) is 35.0 Å². The molecule has 1 aromatic rings. The lowest BCUT2D eigenvalue weighted by Gasteiger charge is -2.08. The number of halogens is 1. The Morgan fingerprint density at radius 2 is 2.07 bits per heavy atom. The van der Waals surface area contributed by atoms with Gasteiger partial charge in [0.15, 0.2) is 0 Å². The van der Waals surface area contributed by atoms with Gasteiger partial charge in [-0.05, 0) is 40.0 Å². The van der Waals surface area contributed by atoms with E-state index in [1.165, 1.54) is 5.56 Å². The van der Waals surface area contributed by atoms with Crippen LogP contribution in [0.1, 0.15) is 12.5 Å². The number of methoxy groups -OCH3 is 1. The van der Waals surface area contributed by atoms with Gasteiger partial charge in [-0.1, -0.05) is 13.0 Å². The Balaban J connectivity index is 2.59. The van der Waals surface area contributed by atoms with Crippen molar-refractivity contribution in [1.82, 2.24) is 0 Å². The fourth-order valence-corrected chi connectivity index (χ4v) is 1.66. The molecular weight excluding hydrogens is 244 g/mol. The Morgan fingerprint density at radius 1 is 1.29 bits per heavy atom. The second kappa shape index (κ2) is 6.04. The van der Waals surface area contributed by atoms with Crippen LogP contribution in [-0.4, -0.2) is 20.3 Å². The maximum absolute atomic E-state index is 5.50. The van der Waals surface area contributed by atoms with Crippen LogP contribution in [0.3, 0.4) is 0 Å². The van der Waals surface area contributed by atoms with Crippen molar-refractivity contribution in [3.8, 4) is 5.75 Å². The minimum atomic E-state index is 0.584. The first-order valence-corrected chi connectivity index (χ1v) is 5.47. The fraction of sp³-hybridized carbons (Fsp3) is 0.455. The van der Waals surface area contributed by atoms with Crippen molar-refractivity contribution >= 4 is 15.9 Å². The Labute approximate surface area is 93.4 Å². The summed E-state index contributed by atoms with van der Waals surface area (Å²) in [7, 11) is 1.67. The Bertz CT molecular complexity index is 287. The van der Waals surface area contributed by atoms with Gasteiger partial charge in [0.1, 0.15) is 12.4 Å². The molecule has 0 aliphatic heterocycles. The first-order valence-electron chi connectivity index (χ1n) is 4.68. The van der Waals surface area contributed by atoms with Crippen molar-refractivity contribution in [2.75, 3.05) is 20.3 Å². The van der Waals surface area contributed by atoms with Crippen molar-refractivity contribution in [3.05, 3.63) is 28.2 Å². The van der Waals surface area contributed by atoms with E-state index in [1.54, 1.807) is 7.11 Å². The van der Waals surface area contributed by atoms with Gasteiger partial charge in [0.05, 0.1) is 11.1 Å². The maximum atomic E-state index is 5.50. The van der Waals surface area contributed by atoms with Gasteiger partial charge in [0.25, 0.3) is 0 Å². The quantitative estimate of drug-likeness (QED) is 0.757. The van der Waals surface area contributed by atoms with Crippen LogP contribution in [0, 0.1) is 0 Å². The molecule has 0 N–H and O–H groups in total. The Kier molecular flexibility index (Phi) is 4.98. The first kappa shape index (κ1) is 11.5. The lowest BCUT2D eigenvalue weighted by molar-refractivity contribution is 0.146. The molecule has 14 heavy (non-hydrogen) atoms. The number of benzene rings is 1. The van der Waals surface area contributed by atoms with E-state index in [9.17, 15) is 0 Å². The van der Waals surface area contributed by atoms with E-state index in [1.807, 2.05) is 6.07 Å². The molecule has 1 aromatic carbocycles. The molecule has 0 aliphatic carbocycles. The highest BCUT2D eigenvalue weighted by molar-refractivity contribution is 9.10. The standard InChI is InChI=1S/C11H15BrO2/c1-3-9-4-5-11(10(12)8-9)14-7-6-13-2/h4-5,8H,3,6-7H2,1-2H3. The number of rotatable bonds is 5. The molecule has 0 heterocycles. The number of ether oxygens (including phenoxy) is 2. The highest BCUT2D eigenvalue weighted by Crippen LogP contribution is 2.26. The molecule has 0 aromatic heterocycles. The number of aryl methyl sites for hydroxylation is 1. The van der Waals surface area contributed by atoms with E-state index in [-0.39, 0.29) is 0 Å². The molecule has 0 fully saturated rings. The van der Waals surface area contributed by atoms with E-state index in [0.29, 0.717) is 13.2 Å². The fourth-order valence-electron chi connectivity index (χ4n) is 1.12. The van der Waals surface area contributed by atoms with Crippen molar-refractivity contribution in [3.63, 3.8) is 0 Å². The van der Waals surface area contributed by atoms with Gasteiger partial charge in [0.2, 0.25) is 0 Å². The van der Waals surface area contributed by atoms with Gasteiger partial charge in [0, 0.05) is 7.11 Å². The van der Waals surface area contributed by atoms with Crippen LogP contribution in [0.25, 0.3) is 0 Å². The largest absolute Gasteiger partial charge is 0.490 e. The van der Waals surface area contributed by atoms with Gasteiger partial charge in [-0.2, -0.15) is 0 Å². The molecule has 0 unspecified atom stereocenters. The molecule has 0 amide bonds. The molecule has 0 radical (unpaired) electrons. The zero-order chi connectivity index (χ0) is 10.4. The molecule has 78 valence electrons. The molecule has 0 aliphatic rings. The highest BCUT2D eigenvalue weighted by Gasteiger charge is 2.01. The highest BCUT2D eigenvalue weighted by atomic mass is 79.9. The summed E-state index contributed by atoms with van der Waals surface area (Å²) in [6.45, 7) is 3.33. The third kappa shape index (κ3) is 3.31. The van der Waals surface area contributed by atoms with Crippen molar-refractivity contribution in [2.45, 2.75) is 13.3 Å². The third-order valence-electron chi connectivity index (χ3n) is 1.95. The summed E-state index contributed by atoms with van der Waals surface area (Å²) in [4.78, 5) is 0. The minimum Gasteiger partial charge on any atom is -0.490 e. The monoisotopic (exact) mass is 258 g/mol. The molecule has 0 bridgehead atoms. The zero-order valence-corrected chi connectivity index (χ0v) is 10.1. The van der Waals surface area contributed by atoms with Crippen LogP contribution in [0.4, 0.5) is 0 Å². The summed E-state index contributed by atoms with van der Waals surface area (Å²) < 4.78 is 11.4. The van der Waals surface area contributed by atoms with Gasteiger partial charge in [-0.15, -0.1) is 0 Å². The van der Waals surface area contributed by atoms with E-state index in [0.717, 1.165) is 16.6 Å². The van der Waals surface area contributed by atoms with E-state index in [4.69, 9.17) is 9.47 Å². The summed E-state index contributed by atoms with van der Waals surface area (Å²) in [5, 5.41) is 0. The zero-order valence-electron chi connectivity index (χ0n) is 8.55. The van der Waals surface area contributed by atoms with Gasteiger partial charge in [-0.25, -0.2) is 0 Å². The molecule has 0 atom stereocenters. The van der Waals surface area contributed by atoms with Crippen LogP contribution >= 0.6 is 15.9 Å². The Hall–Kier alpha value is -0.540. The SMILES string of the molecule is CCc1ccc(OCCOC)c(Br)c1. The van der Waals surface area contributed by atoms with Gasteiger partial charge in [-0.3, -0.25) is 0 Å². The maximum Gasteiger partial charge on any atom is 0.133 e. The van der Waals surface area contributed by atoms with Crippen LogP contribution in [0.5, 0.6) is 5.75 Å². The number of hydrogen-bond donors (Lipinski definition) is 0. The normalized spacial score (nSPS) is 10.2. The van der Waals surface area contributed by atoms with Crippen LogP contribution < -0.4 is 4.74 Å². The first-order chi connectivity index (χ1) is 6.77. The molecule has 0 saturated heterocycles. The van der Waals surface area contributed by atoms with Gasteiger partial charge < -0.3 is 9.47 Å². The van der Waals surface area contributed by atoms with Crippen molar-refractivity contribution < 1.29 is 9.47 Å². The molecular formula is C11H15BrO2. The molecule has 3 heteroatoms. The van der Waals surface area contributed by atoms with Crippen molar-refractivity contribution in [2.24, 2.45) is 0 Å². The topological polar surface area (TPSA) is 18.5 Å². The van der Waals surface area contributed by atoms with Crippen LogP contribution in [0.2, 0.25) is 0 Å². The summed E-state index contributed by atoms with van der Waals surface area (Å²) in [5.74, 6) is 0.874. The molecule has 0 saturated carbocycles.